The zero-order chi connectivity index (χ0) is 16.9. The largest absolute Gasteiger partial charge is 0.497 e. The molecule has 0 atom stereocenters. The molecule has 1 aromatic carbocycles. The maximum Gasteiger partial charge on any atom is 0.293 e. The lowest BCUT2D eigenvalue weighted by molar-refractivity contribution is -0.387. The average Bonchev–Trinajstić information content (AvgIpc) is 2.55. The molecule has 0 bridgehead atoms. The van der Waals surface area contributed by atoms with Gasteiger partial charge in [0.1, 0.15) is 5.75 Å². The molecule has 0 saturated carbocycles. The van der Waals surface area contributed by atoms with Crippen molar-refractivity contribution in [2.45, 2.75) is 4.90 Å². The van der Waals surface area contributed by atoms with E-state index < -0.39 is 20.6 Å². The molecule has 1 saturated heterocycles. The lowest BCUT2D eigenvalue weighted by Crippen LogP contribution is -2.46. The lowest BCUT2D eigenvalue weighted by atomic mass is 10.3. The Morgan fingerprint density at radius 3 is 2.70 bits per heavy atom. The third-order valence-electron chi connectivity index (χ3n) is 3.58. The Kier molecular flexibility index (Phi) is 5.88. The van der Waals surface area contributed by atoms with E-state index in [0.29, 0.717) is 6.54 Å². The summed E-state index contributed by atoms with van der Waals surface area (Å²) < 4.78 is 31.9. The van der Waals surface area contributed by atoms with Crippen LogP contribution in [0.3, 0.4) is 0 Å². The molecule has 0 spiro atoms. The number of benzene rings is 1. The average molecular weight is 344 g/mol. The van der Waals surface area contributed by atoms with Gasteiger partial charge < -0.3 is 10.1 Å². The molecule has 1 aliphatic rings. The summed E-state index contributed by atoms with van der Waals surface area (Å²) in [4.78, 5) is 12.1. The van der Waals surface area contributed by atoms with Crippen LogP contribution in [0.4, 0.5) is 5.69 Å². The third-order valence-corrected chi connectivity index (χ3v) is 5.09. The van der Waals surface area contributed by atoms with Crippen LogP contribution in [0.25, 0.3) is 0 Å². The minimum Gasteiger partial charge on any atom is -0.497 e. The molecule has 2 rings (SSSR count). The maximum atomic E-state index is 12.3. The van der Waals surface area contributed by atoms with E-state index in [1.54, 1.807) is 0 Å². The van der Waals surface area contributed by atoms with Gasteiger partial charge in [0.25, 0.3) is 5.69 Å². The molecule has 1 aliphatic heterocycles. The lowest BCUT2D eigenvalue weighted by Gasteiger charge is -2.27. The minimum atomic E-state index is -3.95. The molecule has 0 aromatic heterocycles. The number of nitrogens with zero attached hydrogens (tertiary/aromatic N) is 2. The molecule has 2 N–H and O–H groups in total. The highest BCUT2D eigenvalue weighted by Gasteiger charge is 2.26. The van der Waals surface area contributed by atoms with Crippen LogP contribution in [0.2, 0.25) is 0 Å². The topological polar surface area (TPSA) is 114 Å². The fourth-order valence-corrected chi connectivity index (χ4v) is 3.52. The van der Waals surface area contributed by atoms with E-state index in [1.165, 1.54) is 19.2 Å². The van der Waals surface area contributed by atoms with Gasteiger partial charge in [-0.2, -0.15) is 0 Å². The molecule has 9 nitrogen and oxygen atoms in total. The number of ether oxygens (including phenoxy) is 1. The van der Waals surface area contributed by atoms with Gasteiger partial charge in [0.05, 0.1) is 18.1 Å². The molecule has 0 radical (unpaired) electrons. The summed E-state index contributed by atoms with van der Waals surface area (Å²) in [6.07, 6.45) is 0. The maximum absolute atomic E-state index is 12.3. The molecule has 1 heterocycles. The van der Waals surface area contributed by atoms with Crippen LogP contribution in [0.15, 0.2) is 23.1 Å². The number of piperazine rings is 1. The van der Waals surface area contributed by atoms with E-state index >= 15 is 0 Å². The van der Waals surface area contributed by atoms with Crippen molar-refractivity contribution >= 4 is 15.7 Å². The quantitative estimate of drug-likeness (QED) is 0.519. The Morgan fingerprint density at radius 1 is 1.39 bits per heavy atom. The van der Waals surface area contributed by atoms with Gasteiger partial charge in [-0.3, -0.25) is 15.0 Å². The first-order valence-corrected chi connectivity index (χ1v) is 8.67. The highest BCUT2D eigenvalue weighted by Crippen LogP contribution is 2.28. The smallest absolute Gasteiger partial charge is 0.293 e. The van der Waals surface area contributed by atoms with Crippen molar-refractivity contribution in [3.63, 3.8) is 0 Å². The molecule has 10 heteroatoms. The van der Waals surface area contributed by atoms with Crippen LogP contribution >= 0.6 is 0 Å². The van der Waals surface area contributed by atoms with Gasteiger partial charge in [0, 0.05) is 39.3 Å². The Labute approximate surface area is 134 Å². The third kappa shape index (κ3) is 4.61. The predicted molar refractivity (Wildman–Crippen MR) is 84.1 cm³/mol. The summed E-state index contributed by atoms with van der Waals surface area (Å²) in [6.45, 7) is 4.21. The summed E-state index contributed by atoms with van der Waals surface area (Å²) in [5.41, 5.74) is -0.501. The number of methoxy groups -OCH3 is 1. The molecule has 23 heavy (non-hydrogen) atoms. The molecule has 1 fully saturated rings. The van der Waals surface area contributed by atoms with Gasteiger partial charge >= 0.3 is 0 Å². The fraction of sp³-hybridized carbons (Fsp3) is 0.538. The zero-order valence-electron chi connectivity index (χ0n) is 12.8. The van der Waals surface area contributed by atoms with Gasteiger partial charge in [-0.25, -0.2) is 13.1 Å². The van der Waals surface area contributed by atoms with Gasteiger partial charge in [0.15, 0.2) is 4.90 Å². The van der Waals surface area contributed by atoms with E-state index in [0.717, 1.165) is 32.2 Å². The standard InChI is InChI=1S/C13H20N4O5S/c1-22-11-2-3-13(12(10-11)17(18)19)23(20,21)15-6-9-16-7-4-14-5-8-16/h2-3,10,14-15H,4-9H2,1H3. The SMILES string of the molecule is COc1ccc(S(=O)(=O)NCCN2CCNCC2)c([N+](=O)[O-])c1. The first-order valence-electron chi connectivity index (χ1n) is 7.19. The van der Waals surface area contributed by atoms with Crippen LogP contribution in [-0.4, -0.2) is 64.6 Å². The van der Waals surface area contributed by atoms with Crippen molar-refractivity contribution < 1.29 is 18.1 Å². The Bertz CT molecular complexity index is 658. The summed E-state index contributed by atoms with van der Waals surface area (Å²) in [5.74, 6) is 0.233. The van der Waals surface area contributed by atoms with Crippen molar-refractivity contribution in [1.29, 1.82) is 0 Å². The summed E-state index contributed by atoms with van der Waals surface area (Å²) in [5, 5.41) is 14.3. The molecule has 0 aliphatic carbocycles. The van der Waals surface area contributed by atoms with Crippen LogP contribution < -0.4 is 14.8 Å². The van der Waals surface area contributed by atoms with Crippen LogP contribution in [0.5, 0.6) is 5.75 Å². The van der Waals surface area contributed by atoms with E-state index in [9.17, 15) is 18.5 Å². The second-order valence-electron chi connectivity index (χ2n) is 5.08. The van der Waals surface area contributed by atoms with Crippen molar-refractivity contribution in [1.82, 2.24) is 14.9 Å². The Hall–Kier alpha value is -1.75. The number of sulfonamides is 1. The van der Waals surface area contributed by atoms with Gasteiger partial charge in [0.2, 0.25) is 10.0 Å². The summed E-state index contributed by atoms with van der Waals surface area (Å²) >= 11 is 0. The molecule has 0 amide bonds. The highest BCUT2D eigenvalue weighted by molar-refractivity contribution is 7.89. The van der Waals surface area contributed by atoms with Crippen molar-refractivity contribution in [2.24, 2.45) is 0 Å². The van der Waals surface area contributed by atoms with Crippen molar-refractivity contribution in [3.05, 3.63) is 28.3 Å². The molecular weight excluding hydrogens is 324 g/mol. The Morgan fingerprint density at radius 2 is 2.09 bits per heavy atom. The monoisotopic (exact) mass is 344 g/mol. The molecular formula is C13H20N4O5S. The first-order chi connectivity index (χ1) is 10.9. The van der Waals surface area contributed by atoms with E-state index in [4.69, 9.17) is 4.74 Å². The normalized spacial score (nSPS) is 16.2. The summed E-state index contributed by atoms with van der Waals surface area (Å²) in [6, 6.07) is 3.67. The number of rotatable bonds is 7. The highest BCUT2D eigenvalue weighted by atomic mass is 32.2. The number of nitro benzene ring substituents is 1. The van der Waals surface area contributed by atoms with Crippen molar-refractivity contribution in [2.75, 3.05) is 46.4 Å². The van der Waals surface area contributed by atoms with E-state index in [1.807, 2.05) is 0 Å². The fourth-order valence-electron chi connectivity index (χ4n) is 2.34. The summed E-state index contributed by atoms with van der Waals surface area (Å²) in [7, 11) is -2.59. The molecule has 1 aromatic rings. The first kappa shape index (κ1) is 17.6. The Balaban J connectivity index is 2.07. The van der Waals surface area contributed by atoms with Gasteiger partial charge in [-0.05, 0) is 12.1 Å². The number of nitrogens with one attached hydrogen (secondary N) is 2. The molecule has 128 valence electrons. The van der Waals surface area contributed by atoms with Crippen molar-refractivity contribution in [3.8, 4) is 5.75 Å². The van der Waals surface area contributed by atoms with E-state index in [-0.39, 0.29) is 17.2 Å². The van der Waals surface area contributed by atoms with Crippen LogP contribution in [0.1, 0.15) is 0 Å². The molecule has 0 unspecified atom stereocenters. The zero-order valence-corrected chi connectivity index (χ0v) is 13.6. The second kappa shape index (κ2) is 7.68. The van der Waals surface area contributed by atoms with Crippen LogP contribution in [-0.2, 0) is 10.0 Å². The van der Waals surface area contributed by atoms with E-state index in [2.05, 4.69) is 14.9 Å². The number of nitro groups is 1. The number of hydrogen-bond donors (Lipinski definition) is 2. The minimum absolute atomic E-state index is 0.200. The number of hydrogen-bond acceptors (Lipinski definition) is 7. The second-order valence-corrected chi connectivity index (χ2v) is 6.82. The van der Waals surface area contributed by atoms with Gasteiger partial charge in [-0.1, -0.05) is 0 Å². The van der Waals surface area contributed by atoms with Gasteiger partial charge in [-0.15, -0.1) is 0 Å². The van der Waals surface area contributed by atoms with Crippen LogP contribution in [0, 0.1) is 10.1 Å². The predicted octanol–water partition coefficient (Wildman–Crippen LogP) is -0.213.